The zero-order chi connectivity index (χ0) is 16.4. The van der Waals surface area contributed by atoms with Gasteiger partial charge < -0.3 is 4.74 Å². The van der Waals surface area contributed by atoms with Gasteiger partial charge in [0.05, 0.1) is 12.3 Å². The van der Waals surface area contributed by atoms with Crippen LogP contribution in [0.4, 0.5) is 0 Å². The number of methoxy groups -OCH3 is 1. The largest absolute Gasteiger partial charge is 0.383 e. The highest BCUT2D eigenvalue weighted by Gasteiger charge is 2.35. The Morgan fingerprint density at radius 2 is 2.09 bits per heavy atom. The lowest BCUT2D eigenvalue weighted by molar-refractivity contribution is 0.0867. The molecule has 0 unspecified atom stereocenters. The van der Waals surface area contributed by atoms with Crippen molar-refractivity contribution in [1.29, 1.82) is 0 Å². The summed E-state index contributed by atoms with van der Waals surface area (Å²) < 4.78 is 7.09. The second-order valence-corrected chi connectivity index (χ2v) is 7.33. The summed E-state index contributed by atoms with van der Waals surface area (Å²) in [6.45, 7) is 8.49. The fraction of sp³-hybridized carbons (Fsp3) is 0.824. The van der Waals surface area contributed by atoms with Crippen LogP contribution in [0.3, 0.4) is 0 Å². The molecule has 0 aromatic carbocycles. The predicted octanol–water partition coefficient (Wildman–Crippen LogP) is 2.18. The molecule has 4 heterocycles. The summed E-state index contributed by atoms with van der Waals surface area (Å²) in [5, 5.41) is 5.36. The Kier molecular flexibility index (Phi) is 5.62. The van der Waals surface area contributed by atoms with Crippen LogP contribution in [0.15, 0.2) is 0 Å². The normalized spacial score (nSPS) is 25.9. The van der Waals surface area contributed by atoms with Crippen LogP contribution < -0.4 is 0 Å². The van der Waals surface area contributed by atoms with Gasteiger partial charge in [-0.2, -0.15) is 5.10 Å². The van der Waals surface area contributed by atoms with Crippen LogP contribution in [0.5, 0.6) is 0 Å². The number of aryl methyl sites for hydroxylation is 2. The molecule has 1 aromatic heterocycles. The van der Waals surface area contributed by atoms with Crippen molar-refractivity contribution in [3.05, 3.63) is 16.4 Å². The highest BCUT2D eigenvalue weighted by molar-refractivity contribution is 6.30. The minimum Gasteiger partial charge on any atom is -0.383 e. The molecule has 0 saturated carbocycles. The lowest BCUT2D eigenvalue weighted by Crippen LogP contribution is -2.45. The van der Waals surface area contributed by atoms with E-state index in [0.29, 0.717) is 6.04 Å². The Morgan fingerprint density at radius 3 is 2.83 bits per heavy atom. The highest BCUT2D eigenvalue weighted by atomic mass is 35.5. The van der Waals surface area contributed by atoms with Crippen molar-refractivity contribution in [2.75, 3.05) is 39.9 Å². The van der Waals surface area contributed by atoms with Gasteiger partial charge in [-0.3, -0.25) is 14.5 Å². The fourth-order valence-electron chi connectivity index (χ4n) is 4.15. The first kappa shape index (κ1) is 17.2. The standard InChI is InChI=1S/C17H29ClN4O/c1-4-16-15(17(18)20(2)19-16)12-21-9-13-5-6-14(11-21)22(10-13)7-8-23-3/h13-14H,4-12H2,1-3H3/t13-,14+/m1/s1. The Balaban J connectivity index is 1.71. The Labute approximate surface area is 144 Å². The van der Waals surface area contributed by atoms with Gasteiger partial charge in [-0.05, 0) is 25.2 Å². The van der Waals surface area contributed by atoms with Gasteiger partial charge in [0.2, 0.25) is 0 Å². The summed E-state index contributed by atoms with van der Waals surface area (Å²) >= 11 is 6.49. The lowest BCUT2D eigenvalue weighted by Gasteiger charge is -2.35. The van der Waals surface area contributed by atoms with Crippen LogP contribution in [0.25, 0.3) is 0 Å². The quantitative estimate of drug-likeness (QED) is 0.794. The van der Waals surface area contributed by atoms with Crippen LogP contribution in [0.2, 0.25) is 5.15 Å². The smallest absolute Gasteiger partial charge is 0.131 e. The Morgan fingerprint density at radius 1 is 1.26 bits per heavy atom. The molecule has 6 heteroatoms. The Hall–Kier alpha value is -0.620. The number of ether oxygens (including phenoxy) is 1. The van der Waals surface area contributed by atoms with Gasteiger partial charge in [-0.25, -0.2) is 0 Å². The molecule has 3 aliphatic heterocycles. The van der Waals surface area contributed by atoms with E-state index in [9.17, 15) is 0 Å². The molecule has 2 bridgehead atoms. The molecule has 0 spiro atoms. The molecule has 0 aliphatic carbocycles. The van der Waals surface area contributed by atoms with Crippen molar-refractivity contribution < 1.29 is 4.74 Å². The van der Waals surface area contributed by atoms with Crippen molar-refractivity contribution in [3.8, 4) is 0 Å². The maximum absolute atomic E-state index is 6.49. The number of fused-ring (bicyclic) bond motifs is 4. The number of hydrogen-bond acceptors (Lipinski definition) is 4. The highest BCUT2D eigenvalue weighted by Crippen LogP contribution is 2.30. The van der Waals surface area contributed by atoms with E-state index in [2.05, 4.69) is 21.8 Å². The van der Waals surface area contributed by atoms with Crippen LogP contribution in [0, 0.1) is 5.92 Å². The first-order valence-electron chi connectivity index (χ1n) is 8.78. The summed E-state index contributed by atoms with van der Waals surface area (Å²) in [7, 11) is 3.72. The van der Waals surface area contributed by atoms with Gasteiger partial charge in [0, 0.05) is 58.5 Å². The summed E-state index contributed by atoms with van der Waals surface area (Å²) in [5.41, 5.74) is 2.37. The first-order valence-corrected chi connectivity index (χ1v) is 9.15. The molecule has 0 radical (unpaired) electrons. The van der Waals surface area contributed by atoms with E-state index in [4.69, 9.17) is 16.3 Å². The average molecular weight is 341 g/mol. The number of hydrogen-bond donors (Lipinski definition) is 0. The van der Waals surface area contributed by atoms with Gasteiger partial charge in [0.25, 0.3) is 0 Å². The number of nitrogens with zero attached hydrogens (tertiary/aromatic N) is 4. The second kappa shape index (κ2) is 7.51. The molecule has 23 heavy (non-hydrogen) atoms. The van der Waals surface area contributed by atoms with Gasteiger partial charge in [0.15, 0.2) is 0 Å². The summed E-state index contributed by atoms with van der Waals surface area (Å²) in [6.07, 6.45) is 3.61. The molecular formula is C17H29ClN4O. The maximum atomic E-state index is 6.49. The van der Waals surface area contributed by atoms with E-state index in [-0.39, 0.29) is 0 Å². The van der Waals surface area contributed by atoms with Crippen molar-refractivity contribution in [2.45, 2.75) is 38.8 Å². The summed E-state index contributed by atoms with van der Waals surface area (Å²) in [6, 6.07) is 0.657. The molecule has 3 saturated heterocycles. The van der Waals surface area contributed by atoms with Gasteiger partial charge >= 0.3 is 0 Å². The SMILES string of the molecule is CCc1nn(C)c(Cl)c1CN1C[C@H]2CC[C@@H](C1)N(CCOC)C2. The molecule has 4 rings (SSSR count). The molecule has 130 valence electrons. The number of aromatic nitrogens is 2. The fourth-order valence-corrected chi connectivity index (χ4v) is 4.36. The van der Waals surface area contributed by atoms with Gasteiger partial charge in [0.1, 0.15) is 5.15 Å². The van der Waals surface area contributed by atoms with Crippen molar-refractivity contribution in [2.24, 2.45) is 13.0 Å². The molecule has 1 aromatic rings. The third-order valence-corrected chi connectivity index (χ3v) is 5.83. The molecule has 5 nitrogen and oxygen atoms in total. The zero-order valence-corrected chi connectivity index (χ0v) is 15.3. The van der Waals surface area contributed by atoms with Crippen molar-refractivity contribution in [3.63, 3.8) is 0 Å². The first-order chi connectivity index (χ1) is 11.1. The van der Waals surface area contributed by atoms with Gasteiger partial charge in [-0.15, -0.1) is 0 Å². The molecule has 3 fully saturated rings. The molecule has 0 amide bonds. The van der Waals surface area contributed by atoms with Crippen molar-refractivity contribution in [1.82, 2.24) is 19.6 Å². The molecular weight excluding hydrogens is 312 g/mol. The van der Waals surface area contributed by atoms with Crippen LogP contribution in [-0.4, -0.2) is 65.5 Å². The maximum Gasteiger partial charge on any atom is 0.131 e. The topological polar surface area (TPSA) is 33.5 Å². The minimum absolute atomic E-state index is 0.657. The third-order valence-electron chi connectivity index (χ3n) is 5.35. The number of piperidine rings is 1. The predicted molar refractivity (Wildman–Crippen MR) is 92.8 cm³/mol. The summed E-state index contributed by atoms with van der Waals surface area (Å²) in [4.78, 5) is 5.22. The van der Waals surface area contributed by atoms with E-state index in [0.717, 1.165) is 49.4 Å². The lowest BCUT2D eigenvalue weighted by atomic mass is 9.95. The third kappa shape index (κ3) is 3.73. The average Bonchev–Trinajstić information content (AvgIpc) is 2.73. The van der Waals surface area contributed by atoms with Crippen LogP contribution in [0.1, 0.15) is 31.0 Å². The van der Waals surface area contributed by atoms with E-state index in [1.54, 1.807) is 7.11 Å². The number of halogens is 1. The van der Waals surface area contributed by atoms with Crippen LogP contribution >= 0.6 is 11.6 Å². The number of rotatable bonds is 6. The van der Waals surface area contributed by atoms with Gasteiger partial charge in [-0.1, -0.05) is 18.5 Å². The van der Waals surface area contributed by atoms with Crippen LogP contribution in [-0.2, 0) is 24.8 Å². The monoisotopic (exact) mass is 340 g/mol. The van der Waals surface area contributed by atoms with E-state index >= 15 is 0 Å². The molecule has 2 atom stereocenters. The Bertz CT molecular complexity index is 533. The molecule has 3 aliphatic rings. The minimum atomic E-state index is 0.657. The second-order valence-electron chi connectivity index (χ2n) is 6.97. The summed E-state index contributed by atoms with van der Waals surface area (Å²) in [5.74, 6) is 0.770. The van der Waals surface area contributed by atoms with Crippen molar-refractivity contribution >= 4 is 11.6 Å². The van der Waals surface area contributed by atoms with E-state index in [1.807, 2.05) is 11.7 Å². The van der Waals surface area contributed by atoms with E-state index < -0.39 is 0 Å². The van der Waals surface area contributed by atoms with E-state index in [1.165, 1.54) is 31.5 Å². The molecule has 0 N–H and O–H groups in total. The zero-order valence-electron chi connectivity index (χ0n) is 14.6.